The van der Waals surface area contributed by atoms with E-state index in [-0.39, 0.29) is 6.04 Å². The molecule has 1 saturated carbocycles. The van der Waals surface area contributed by atoms with Crippen molar-refractivity contribution in [2.75, 3.05) is 11.9 Å². The molecule has 0 aromatic heterocycles. The van der Waals surface area contributed by atoms with Crippen molar-refractivity contribution in [3.8, 4) is 5.75 Å². The predicted molar refractivity (Wildman–Crippen MR) is 71.5 cm³/mol. The zero-order chi connectivity index (χ0) is 12.1. The average molecular weight is 234 g/mol. The Labute approximate surface area is 103 Å². The van der Waals surface area contributed by atoms with Crippen molar-refractivity contribution in [2.45, 2.75) is 44.7 Å². The van der Waals surface area contributed by atoms with Crippen LogP contribution in [0.2, 0.25) is 0 Å². The number of nitrogens with one attached hydrogen (secondary N) is 1. The summed E-state index contributed by atoms with van der Waals surface area (Å²) < 4.78 is 5.42. The lowest BCUT2D eigenvalue weighted by Gasteiger charge is -2.30. The van der Waals surface area contributed by atoms with Gasteiger partial charge in [-0.05, 0) is 44.0 Å². The van der Waals surface area contributed by atoms with Crippen molar-refractivity contribution in [1.29, 1.82) is 0 Å². The van der Waals surface area contributed by atoms with E-state index in [1.54, 1.807) is 0 Å². The highest BCUT2D eigenvalue weighted by Crippen LogP contribution is 2.22. The minimum atomic E-state index is 0.287. The summed E-state index contributed by atoms with van der Waals surface area (Å²) in [5, 5.41) is 3.52. The molecule has 1 fully saturated rings. The normalized spacial score (nSPS) is 24.4. The molecule has 2 rings (SSSR count). The number of rotatable bonds is 4. The van der Waals surface area contributed by atoms with E-state index in [1.165, 1.54) is 19.3 Å². The summed E-state index contributed by atoms with van der Waals surface area (Å²) in [6.07, 6.45) is 4.86. The van der Waals surface area contributed by atoms with Gasteiger partial charge in [-0.25, -0.2) is 0 Å². The van der Waals surface area contributed by atoms with Crippen LogP contribution in [0.1, 0.15) is 32.6 Å². The minimum Gasteiger partial charge on any atom is -0.494 e. The zero-order valence-corrected chi connectivity index (χ0v) is 10.5. The Morgan fingerprint density at radius 3 is 2.59 bits per heavy atom. The van der Waals surface area contributed by atoms with Crippen LogP contribution >= 0.6 is 0 Å². The van der Waals surface area contributed by atoms with E-state index in [4.69, 9.17) is 10.5 Å². The molecule has 0 amide bonds. The van der Waals surface area contributed by atoms with Gasteiger partial charge < -0.3 is 15.8 Å². The molecule has 17 heavy (non-hydrogen) atoms. The highest BCUT2D eigenvalue weighted by Gasteiger charge is 2.21. The van der Waals surface area contributed by atoms with E-state index < -0.39 is 0 Å². The molecule has 3 N–H and O–H groups in total. The fraction of sp³-hybridized carbons (Fsp3) is 0.571. The molecule has 0 radical (unpaired) electrons. The van der Waals surface area contributed by atoms with Crippen molar-refractivity contribution in [2.24, 2.45) is 5.73 Å². The predicted octanol–water partition coefficient (Wildman–Crippen LogP) is 2.77. The fourth-order valence-electron chi connectivity index (χ4n) is 2.37. The first kappa shape index (κ1) is 12.2. The van der Waals surface area contributed by atoms with E-state index in [0.717, 1.165) is 17.9 Å². The van der Waals surface area contributed by atoms with Gasteiger partial charge in [-0.2, -0.15) is 0 Å². The molecular weight excluding hydrogens is 212 g/mol. The van der Waals surface area contributed by atoms with Gasteiger partial charge in [0.15, 0.2) is 0 Å². The van der Waals surface area contributed by atoms with Crippen LogP contribution < -0.4 is 15.8 Å². The number of benzene rings is 1. The van der Waals surface area contributed by atoms with Gasteiger partial charge in [0.2, 0.25) is 0 Å². The number of nitrogens with two attached hydrogens (primary N) is 1. The number of hydrogen-bond acceptors (Lipinski definition) is 3. The SMILES string of the molecule is CCOc1ccc(N[C@@H]2CCCC[C@H]2N)cc1. The molecule has 0 aliphatic heterocycles. The molecular formula is C14H22N2O. The molecule has 1 aromatic carbocycles. The number of anilines is 1. The van der Waals surface area contributed by atoms with Gasteiger partial charge in [-0.1, -0.05) is 12.8 Å². The molecule has 0 saturated heterocycles. The molecule has 0 spiro atoms. The molecule has 1 aliphatic carbocycles. The lowest BCUT2D eigenvalue weighted by Crippen LogP contribution is -2.42. The van der Waals surface area contributed by atoms with Crippen LogP contribution in [0.15, 0.2) is 24.3 Å². The summed E-state index contributed by atoms with van der Waals surface area (Å²) in [6, 6.07) is 8.83. The van der Waals surface area contributed by atoms with Crippen molar-refractivity contribution in [3.05, 3.63) is 24.3 Å². The van der Waals surface area contributed by atoms with Crippen molar-refractivity contribution < 1.29 is 4.74 Å². The van der Waals surface area contributed by atoms with Crippen molar-refractivity contribution >= 4 is 5.69 Å². The summed E-state index contributed by atoms with van der Waals surface area (Å²) in [5.74, 6) is 0.922. The van der Waals surface area contributed by atoms with E-state index in [0.29, 0.717) is 12.6 Å². The molecule has 0 heterocycles. The topological polar surface area (TPSA) is 47.3 Å². The third-order valence-corrected chi connectivity index (χ3v) is 3.34. The zero-order valence-electron chi connectivity index (χ0n) is 10.5. The summed E-state index contributed by atoms with van der Waals surface area (Å²) in [7, 11) is 0. The van der Waals surface area contributed by atoms with Gasteiger partial charge >= 0.3 is 0 Å². The van der Waals surface area contributed by atoms with E-state index >= 15 is 0 Å². The summed E-state index contributed by atoms with van der Waals surface area (Å²) >= 11 is 0. The maximum absolute atomic E-state index is 6.12. The van der Waals surface area contributed by atoms with Gasteiger partial charge in [0.25, 0.3) is 0 Å². The van der Waals surface area contributed by atoms with E-state index in [1.807, 2.05) is 19.1 Å². The Morgan fingerprint density at radius 1 is 1.24 bits per heavy atom. The van der Waals surface area contributed by atoms with E-state index in [9.17, 15) is 0 Å². The van der Waals surface area contributed by atoms with Gasteiger partial charge in [0.1, 0.15) is 5.75 Å². The molecule has 0 unspecified atom stereocenters. The Bertz CT molecular complexity index is 337. The largest absolute Gasteiger partial charge is 0.494 e. The standard InChI is InChI=1S/C14H22N2O/c1-2-17-12-9-7-11(8-10-12)16-14-6-4-3-5-13(14)15/h7-10,13-14,16H,2-6,15H2,1H3/t13-,14-/m1/s1. The molecule has 3 nitrogen and oxygen atoms in total. The second-order valence-corrected chi connectivity index (χ2v) is 4.66. The molecule has 94 valence electrons. The quantitative estimate of drug-likeness (QED) is 0.842. The Morgan fingerprint density at radius 2 is 1.94 bits per heavy atom. The highest BCUT2D eigenvalue weighted by atomic mass is 16.5. The first-order valence-corrected chi connectivity index (χ1v) is 6.54. The lowest BCUT2D eigenvalue weighted by molar-refractivity contribution is 0.340. The summed E-state index contributed by atoms with van der Waals surface area (Å²) in [5.41, 5.74) is 7.25. The minimum absolute atomic E-state index is 0.287. The highest BCUT2D eigenvalue weighted by molar-refractivity contribution is 5.47. The van der Waals surface area contributed by atoms with Crippen molar-refractivity contribution in [1.82, 2.24) is 0 Å². The average Bonchev–Trinajstić information content (AvgIpc) is 2.35. The van der Waals surface area contributed by atoms with Gasteiger partial charge in [-0.3, -0.25) is 0 Å². The smallest absolute Gasteiger partial charge is 0.119 e. The van der Waals surface area contributed by atoms with E-state index in [2.05, 4.69) is 17.4 Å². The van der Waals surface area contributed by atoms with Crippen LogP contribution in [0.5, 0.6) is 5.75 Å². The molecule has 1 aromatic rings. The van der Waals surface area contributed by atoms with Crippen LogP contribution in [0.3, 0.4) is 0 Å². The summed E-state index contributed by atoms with van der Waals surface area (Å²) in [4.78, 5) is 0. The number of hydrogen-bond donors (Lipinski definition) is 2. The third kappa shape index (κ3) is 3.37. The Balaban J connectivity index is 1.93. The fourth-order valence-corrected chi connectivity index (χ4v) is 2.37. The van der Waals surface area contributed by atoms with Gasteiger partial charge in [0.05, 0.1) is 6.61 Å². The molecule has 2 atom stereocenters. The van der Waals surface area contributed by atoms with Crippen LogP contribution in [0.25, 0.3) is 0 Å². The first-order chi connectivity index (χ1) is 8.29. The third-order valence-electron chi connectivity index (χ3n) is 3.34. The van der Waals surface area contributed by atoms with Crippen LogP contribution in [0, 0.1) is 0 Å². The Kier molecular flexibility index (Phi) is 4.26. The van der Waals surface area contributed by atoms with Crippen LogP contribution in [-0.2, 0) is 0 Å². The van der Waals surface area contributed by atoms with Crippen LogP contribution in [-0.4, -0.2) is 18.7 Å². The Hall–Kier alpha value is -1.22. The molecule has 3 heteroatoms. The maximum atomic E-state index is 6.12. The number of ether oxygens (including phenoxy) is 1. The van der Waals surface area contributed by atoms with Crippen LogP contribution in [0.4, 0.5) is 5.69 Å². The second-order valence-electron chi connectivity index (χ2n) is 4.66. The first-order valence-electron chi connectivity index (χ1n) is 6.54. The molecule has 1 aliphatic rings. The lowest BCUT2D eigenvalue weighted by atomic mass is 9.91. The van der Waals surface area contributed by atoms with Gasteiger partial charge in [0, 0.05) is 17.8 Å². The van der Waals surface area contributed by atoms with Crippen molar-refractivity contribution in [3.63, 3.8) is 0 Å². The molecule has 0 bridgehead atoms. The van der Waals surface area contributed by atoms with Gasteiger partial charge in [-0.15, -0.1) is 0 Å². The maximum Gasteiger partial charge on any atom is 0.119 e. The monoisotopic (exact) mass is 234 g/mol. The summed E-state index contributed by atoms with van der Waals surface area (Å²) in [6.45, 7) is 2.70. The second kappa shape index (κ2) is 5.92.